The third-order valence-corrected chi connectivity index (χ3v) is 5.30. The molecule has 0 unspecified atom stereocenters. The Kier molecular flexibility index (Phi) is 17.3. The van der Waals surface area contributed by atoms with Crippen molar-refractivity contribution in [1.29, 1.82) is 0 Å². The zero-order valence-electron chi connectivity index (χ0n) is 18.7. The van der Waals surface area contributed by atoms with Gasteiger partial charge in [-0.1, -0.05) is 69.8 Å². The van der Waals surface area contributed by atoms with Crippen LogP contribution in [0.15, 0.2) is 29.6 Å². The summed E-state index contributed by atoms with van der Waals surface area (Å²) in [5, 5.41) is 3.57. The molecule has 0 amide bonds. The summed E-state index contributed by atoms with van der Waals surface area (Å²) in [6.45, 7) is 5.81. The maximum Gasteiger partial charge on any atom is 0.171 e. The Morgan fingerprint density at radius 3 is 2.24 bits per heavy atom. The molecule has 5 heteroatoms. The SMILES string of the molecule is CCCC[n+]1cccc(CCCOCCCCCCCCCCCCN=[N+]=[N-])c1. The molecule has 5 nitrogen and oxygen atoms in total. The van der Waals surface area contributed by atoms with Crippen molar-refractivity contribution in [2.24, 2.45) is 5.11 Å². The van der Waals surface area contributed by atoms with Gasteiger partial charge in [0.1, 0.15) is 6.54 Å². The third-order valence-electron chi connectivity index (χ3n) is 5.30. The molecule has 0 radical (unpaired) electrons. The van der Waals surface area contributed by atoms with E-state index in [1.54, 1.807) is 0 Å². The Balaban J connectivity index is 1.83. The number of nitrogens with zero attached hydrogens (tertiary/aromatic N) is 4. The summed E-state index contributed by atoms with van der Waals surface area (Å²) in [6.07, 6.45) is 21.9. The summed E-state index contributed by atoms with van der Waals surface area (Å²) >= 11 is 0. The fourth-order valence-corrected chi connectivity index (χ4v) is 3.53. The fourth-order valence-electron chi connectivity index (χ4n) is 3.53. The molecule has 164 valence electrons. The van der Waals surface area contributed by atoms with Crippen LogP contribution in [0, 0.1) is 0 Å². The molecule has 1 rings (SSSR count). The summed E-state index contributed by atoms with van der Waals surface area (Å²) in [5.41, 5.74) is 9.62. The summed E-state index contributed by atoms with van der Waals surface area (Å²) in [4.78, 5) is 2.78. The molecule has 1 heterocycles. The van der Waals surface area contributed by atoms with Crippen LogP contribution in [0.25, 0.3) is 10.4 Å². The lowest BCUT2D eigenvalue weighted by molar-refractivity contribution is -0.697. The van der Waals surface area contributed by atoms with Gasteiger partial charge in [0.05, 0.1) is 0 Å². The van der Waals surface area contributed by atoms with Crippen LogP contribution in [0.2, 0.25) is 0 Å². The molecular weight excluding hydrogens is 360 g/mol. The van der Waals surface area contributed by atoms with Crippen molar-refractivity contribution < 1.29 is 9.30 Å². The lowest BCUT2D eigenvalue weighted by Crippen LogP contribution is -2.33. The van der Waals surface area contributed by atoms with E-state index >= 15 is 0 Å². The number of ether oxygens (including phenoxy) is 1. The van der Waals surface area contributed by atoms with Crippen LogP contribution >= 0.6 is 0 Å². The van der Waals surface area contributed by atoms with E-state index in [4.69, 9.17) is 10.3 Å². The summed E-state index contributed by atoms with van der Waals surface area (Å²) in [5.74, 6) is 0. The molecule has 0 aliphatic rings. The highest BCUT2D eigenvalue weighted by molar-refractivity contribution is 5.05. The second kappa shape index (κ2) is 19.7. The van der Waals surface area contributed by atoms with Crippen molar-refractivity contribution in [3.8, 4) is 0 Å². The summed E-state index contributed by atoms with van der Waals surface area (Å²) in [6, 6.07) is 4.39. The van der Waals surface area contributed by atoms with E-state index in [0.717, 1.165) is 39.0 Å². The van der Waals surface area contributed by atoms with Crippen molar-refractivity contribution >= 4 is 0 Å². The largest absolute Gasteiger partial charge is 0.381 e. The van der Waals surface area contributed by atoms with Crippen molar-refractivity contribution in [3.05, 3.63) is 40.5 Å². The molecule has 0 fully saturated rings. The predicted molar refractivity (Wildman–Crippen MR) is 121 cm³/mol. The highest BCUT2D eigenvalue weighted by atomic mass is 16.5. The van der Waals surface area contributed by atoms with Crippen molar-refractivity contribution in [2.75, 3.05) is 19.8 Å². The van der Waals surface area contributed by atoms with Crippen LogP contribution in [0.5, 0.6) is 0 Å². The lowest BCUT2D eigenvalue weighted by atomic mass is 10.1. The number of hydrogen-bond acceptors (Lipinski definition) is 2. The van der Waals surface area contributed by atoms with Gasteiger partial charge in [-0.15, -0.1) is 0 Å². The molecule has 1 aromatic heterocycles. The van der Waals surface area contributed by atoms with Gasteiger partial charge in [-0.05, 0) is 37.3 Å². The number of azide groups is 1. The highest BCUT2D eigenvalue weighted by Crippen LogP contribution is 2.11. The van der Waals surface area contributed by atoms with Gasteiger partial charge in [-0.25, -0.2) is 4.57 Å². The van der Waals surface area contributed by atoms with Crippen LogP contribution in [0.3, 0.4) is 0 Å². The van der Waals surface area contributed by atoms with Crippen LogP contribution < -0.4 is 4.57 Å². The second-order valence-corrected chi connectivity index (χ2v) is 8.01. The van der Waals surface area contributed by atoms with Crippen molar-refractivity contribution in [1.82, 2.24) is 0 Å². The standard InChI is InChI=1S/C24H43N4O/c1-2-3-19-28-20-14-16-24(23-28)17-15-22-29-21-13-11-9-7-5-4-6-8-10-12-18-26-27-25/h14,16,20,23H,2-13,15,17-19,21-22H2,1H3/q+1. The van der Waals surface area contributed by atoms with E-state index in [2.05, 4.69) is 46.0 Å². The fraction of sp³-hybridized carbons (Fsp3) is 0.792. The number of aryl methyl sites for hydroxylation is 2. The van der Waals surface area contributed by atoms with Gasteiger partial charge in [-0.3, -0.25) is 0 Å². The second-order valence-electron chi connectivity index (χ2n) is 8.01. The van der Waals surface area contributed by atoms with Crippen molar-refractivity contribution in [3.63, 3.8) is 0 Å². The first-order valence-corrected chi connectivity index (χ1v) is 11.9. The Labute approximate surface area is 178 Å². The Bertz CT molecular complexity index is 543. The molecule has 0 spiro atoms. The molecule has 0 saturated carbocycles. The van der Waals surface area contributed by atoms with Crippen LogP contribution in [-0.2, 0) is 17.7 Å². The minimum Gasteiger partial charge on any atom is -0.381 e. The van der Waals surface area contributed by atoms with Gasteiger partial charge in [0.2, 0.25) is 0 Å². The number of pyridine rings is 1. The molecule has 0 atom stereocenters. The number of rotatable bonds is 20. The van der Waals surface area contributed by atoms with Crippen LogP contribution in [0.1, 0.15) is 96.0 Å². The Morgan fingerprint density at radius 2 is 1.55 bits per heavy atom. The first-order valence-electron chi connectivity index (χ1n) is 11.9. The first-order chi connectivity index (χ1) is 14.4. The zero-order valence-corrected chi connectivity index (χ0v) is 18.7. The molecule has 0 aliphatic heterocycles. The molecule has 29 heavy (non-hydrogen) atoms. The topological polar surface area (TPSA) is 61.9 Å². The van der Waals surface area contributed by atoms with E-state index in [1.807, 2.05) is 0 Å². The molecule has 0 aliphatic carbocycles. The minimum atomic E-state index is 0.657. The predicted octanol–water partition coefficient (Wildman–Crippen LogP) is 6.93. The quantitative estimate of drug-likeness (QED) is 0.0765. The van der Waals surface area contributed by atoms with E-state index in [1.165, 1.54) is 76.2 Å². The van der Waals surface area contributed by atoms with Crippen LogP contribution in [-0.4, -0.2) is 19.8 Å². The maximum absolute atomic E-state index is 8.20. The third kappa shape index (κ3) is 16.0. The normalized spacial score (nSPS) is 10.8. The number of aromatic nitrogens is 1. The average Bonchev–Trinajstić information content (AvgIpc) is 2.74. The molecular formula is C24H43N4O+. The molecule has 0 bridgehead atoms. The van der Waals surface area contributed by atoms with E-state index in [0.29, 0.717) is 6.54 Å². The Hall–Kier alpha value is -1.58. The van der Waals surface area contributed by atoms with Gasteiger partial charge in [0.15, 0.2) is 12.4 Å². The zero-order chi connectivity index (χ0) is 20.8. The first kappa shape index (κ1) is 25.5. The molecule has 0 N–H and O–H groups in total. The lowest BCUT2D eigenvalue weighted by Gasteiger charge is -2.05. The number of hydrogen-bond donors (Lipinski definition) is 0. The molecule has 1 aromatic rings. The molecule has 0 aromatic carbocycles. The maximum atomic E-state index is 8.20. The van der Waals surface area contributed by atoms with Gasteiger partial charge < -0.3 is 4.74 Å². The molecule has 0 saturated heterocycles. The summed E-state index contributed by atoms with van der Waals surface area (Å²) < 4.78 is 8.12. The van der Waals surface area contributed by atoms with E-state index in [-0.39, 0.29) is 0 Å². The highest BCUT2D eigenvalue weighted by Gasteiger charge is 2.02. The van der Waals surface area contributed by atoms with Crippen LogP contribution in [0.4, 0.5) is 0 Å². The van der Waals surface area contributed by atoms with E-state index in [9.17, 15) is 0 Å². The Morgan fingerprint density at radius 1 is 0.897 bits per heavy atom. The van der Waals surface area contributed by atoms with Crippen molar-refractivity contribution in [2.45, 2.75) is 103 Å². The van der Waals surface area contributed by atoms with Gasteiger partial charge in [0.25, 0.3) is 0 Å². The van der Waals surface area contributed by atoms with Gasteiger partial charge in [0, 0.05) is 42.7 Å². The summed E-state index contributed by atoms with van der Waals surface area (Å²) in [7, 11) is 0. The minimum absolute atomic E-state index is 0.657. The monoisotopic (exact) mass is 403 g/mol. The number of unbranched alkanes of at least 4 members (excludes halogenated alkanes) is 10. The van der Waals surface area contributed by atoms with Gasteiger partial charge in [-0.2, -0.15) is 0 Å². The van der Waals surface area contributed by atoms with E-state index < -0.39 is 0 Å². The smallest absolute Gasteiger partial charge is 0.171 e. The van der Waals surface area contributed by atoms with Gasteiger partial charge >= 0.3 is 0 Å². The average molecular weight is 404 g/mol.